The summed E-state index contributed by atoms with van der Waals surface area (Å²) in [5.74, 6) is -1.10. The minimum absolute atomic E-state index is 0. The Bertz CT molecular complexity index is 597. The summed E-state index contributed by atoms with van der Waals surface area (Å²) in [6, 6.07) is 2.32. The molecule has 0 aromatic carbocycles. The molecule has 2 aromatic heterocycles. The monoisotopic (exact) mass is 241 g/mol. The molecule has 0 spiro atoms. The van der Waals surface area contributed by atoms with Crippen LogP contribution < -0.4 is 34.6 Å². The second-order valence-electron chi connectivity index (χ2n) is 3.14. The van der Waals surface area contributed by atoms with Crippen molar-refractivity contribution < 1.29 is 33.6 Å². The number of anilines is 1. The maximum atomic E-state index is 11.0. The summed E-state index contributed by atoms with van der Waals surface area (Å²) in [6.45, 7) is 0. The van der Waals surface area contributed by atoms with Gasteiger partial charge in [0.2, 0.25) is 0 Å². The number of aromatic carboxylic acids is 1. The van der Waals surface area contributed by atoms with E-state index in [2.05, 4.69) is 20.7 Å². The number of nitrogens with one attached hydrogen (secondary N) is 2. The number of hydrogen-bond donors (Lipinski definition) is 2. The van der Waals surface area contributed by atoms with Crippen LogP contribution in [0.2, 0.25) is 0 Å². The van der Waals surface area contributed by atoms with Gasteiger partial charge in [-0.05, 0) is 12.1 Å². The predicted molar refractivity (Wildman–Crippen MR) is 55.4 cm³/mol. The molecule has 0 radical (unpaired) electrons. The van der Waals surface area contributed by atoms with Crippen LogP contribution in [0, 0.1) is 0 Å². The van der Waals surface area contributed by atoms with Crippen molar-refractivity contribution in [3.05, 3.63) is 24.0 Å². The first-order valence-corrected chi connectivity index (χ1v) is 4.66. The molecule has 0 unspecified atom stereocenters. The molecule has 0 fully saturated rings. The van der Waals surface area contributed by atoms with Gasteiger partial charge in [0.05, 0.1) is 12.2 Å². The van der Waals surface area contributed by atoms with Gasteiger partial charge >= 0.3 is 24.9 Å². The average Bonchev–Trinajstić information content (AvgIpc) is 2.69. The van der Waals surface area contributed by atoms with Crippen LogP contribution in [0.3, 0.4) is 0 Å². The Kier molecular flexibility index (Phi) is 4.31. The second kappa shape index (κ2) is 5.53. The number of imidazole rings is 1. The number of fused-ring (bicyclic) bond motifs is 1. The molecule has 9 heteroatoms. The minimum atomic E-state index is -1.37. The van der Waals surface area contributed by atoms with E-state index < -0.39 is 12.0 Å². The summed E-state index contributed by atoms with van der Waals surface area (Å²) >= 11 is 0. The number of hydrogen-bond acceptors (Lipinski definition) is 5. The fourth-order valence-electron chi connectivity index (χ4n) is 1.23. The number of carbonyl (C=O) groups is 2. The first-order chi connectivity index (χ1) is 8.10. The molecule has 2 heterocycles. The second-order valence-corrected chi connectivity index (χ2v) is 3.14. The fourth-order valence-corrected chi connectivity index (χ4v) is 1.23. The van der Waals surface area contributed by atoms with Gasteiger partial charge in [-0.3, -0.25) is 5.32 Å². The number of aromatic nitrogens is 3. The molecule has 0 saturated heterocycles. The van der Waals surface area contributed by atoms with Gasteiger partial charge in [-0.1, -0.05) is 0 Å². The van der Waals surface area contributed by atoms with E-state index in [9.17, 15) is 14.7 Å². The molecular weight excluding hydrogens is 233 g/mol. The van der Waals surface area contributed by atoms with Crippen molar-refractivity contribution in [2.75, 3.05) is 12.4 Å². The number of nitrogens with zero attached hydrogens (tertiary/aromatic N) is 3. The van der Waals surface area contributed by atoms with E-state index in [1.807, 2.05) is 0 Å². The largest absolute Gasteiger partial charge is 1.00 e. The molecule has 0 aliphatic carbocycles. The standard InChI is InChI=1S/C9H9N5O3.Li/c1-10-9(17)12-6-4-14-7(11-6)3-2-5(13-14)8(15)16;/h2-4H,1H3,(H,15,16)(H2,10,12,17);/q;+1/p-1. The van der Waals surface area contributed by atoms with Crippen molar-refractivity contribution in [2.24, 2.45) is 0 Å². The van der Waals surface area contributed by atoms with Gasteiger partial charge in [0.25, 0.3) is 0 Å². The predicted octanol–water partition coefficient (Wildman–Crippen LogP) is -4.15. The van der Waals surface area contributed by atoms with Crippen molar-refractivity contribution in [3.63, 3.8) is 0 Å². The van der Waals surface area contributed by atoms with Crippen molar-refractivity contribution >= 4 is 23.5 Å². The topological polar surface area (TPSA) is 111 Å². The SMILES string of the molecule is CNC(=O)Nc1cn2nc(C(=O)[O-])ccc2n1.[Li+]. The molecule has 0 aliphatic rings. The van der Waals surface area contributed by atoms with Gasteiger partial charge in [-0.2, -0.15) is 5.10 Å². The summed E-state index contributed by atoms with van der Waals surface area (Å²) in [5, 5.41) is 19.1. The van der Waals surface area contributed by atoms with Crippen molar-refractivity contribution in [1.82, 2.24) is 19.9 Å². The molecule has 2 aromatic rings. The Balaban J connectivity index is 0.00000162. The Morgan fingerprint density at radius 2 is 2.11 bits per heavy atom. The van der Waals surface area contributed by atoms with Gasteiger partial charge < -0.3 is 15.2 Å². The van der Waals surface area contributed by atoms with E-state index in [1.54, 1.807) is 0 Å². The summed E-state index contributed by atoms with van der Waals surface area (Å²) in [4.78, 5) is 25.6. The molecular formula is C9H8LiN5O3. The molecule has 0 saturated carbocycles. The van der Waals surface area contributed by atoms with Crippen LogP contribution in [0.1, 0.15) is 10.5 Å². The van der Waals surface area contributed by atoms with E-state index in [1.165, 1.54) is 29.9 Å². The quantitative estimate of drug-likeness (QED) is 0.518. The van der Waals surface area contributed by atoms with E-state index in [-0.39, 0.29) is 30.4 Å². The van der Waals surface area contributed by atoms with Gasteiger partial charge in [0.15, 0.2) is 11.5 Å². The average molecular weight is 241 g/mol. The Morgan fingerprint density at radius 1 is 1.39 bits per heavy atom. The first-order valence-electron chi connectivity index (χ1n) is 4.66. The third-order valence-electron chi connectivity index (χ3n) is 2.00. The Hall–Kier alpha value is -2.04. The van der Waals surface area contributed by atoms with E-state index in [4.69, 9.17) is 0 Å². The van der Waals surface area contributed by atoms with Crippen molar-refractivity contribution in [2.45, 2.75) is 0 Å². The molecule has 88 valence electrons. The first kappa shape index (κ1) is 14.0. The van der Waals surface area contributed by atoms with E-state index in [0.717, 1.165) is 0 Å². The van der Waals surface area contributed by atoms with Gasteiger partial charge in [-0.15, -0.1) is 0 Å². The number of rotatable bonds is 2. The zero-order valence-electron chi connectivity index (χ0n) is 9.80. The minimum Gasteiger partial charge on any atom is -0.543 e. The number of carbonyl (C=O) groups excluding carboxylic acids is 2. The summed E-state index contributed by atoms with van der Waals surface area (Å²) in [5.41, 5.74) is 0.211. The van der Waals surface area contributed by atoms with Crippen molar-refractivity contribution in [3.8, 4) is 0 Å². The number of urea groups is 1. The van der Waals surface area contributed by atoms with Gasteiger partial charge in [-0.25, -0.2) is 14.3 Å². The zero-order chi connectivity index (χ0) is 12.4. The normalized spacial score (nSPS) is 9.61. The molecule has 2 amide bonds. The third kappa shape index (κ3) is 2.79. The number of carboxylic acid groups (broad SMARTS) is 1. The molecule has 0 aliphatic heterocycles. The summed E-state index contributed by atoms with van der Waals surface area (Å²) in [6.07, 6.45) is 1.40. The zero-order valence-corrected chi connectivity index (χ0v) is 9.80. The van der Waals surface area contributed by atoms with E-state index in [0.29, 0.717) is 5.65 Å². The summed E-state index contributed by atoms with van der Waals surface area (Å²) in [7, 11) is 1.47. The fraction of sp³-hybridized carbons (Fsp3) is 0.111. The molecule has 2 N–H and O–H groups in total. The van der Waals surface area contributed by atoms with Crippen molar-refractivity contribution in [1.29, 1.82) is 0 Å². The van der Waals surface area contributed by atoms with Crippen LogP contribution in [-0.4, -0.2) is 33.6 Å². The Morgan fingerprint density at radius 3 is 2.72 bits per heavy atom. The summed E-state index contributed by atoms with van der Waals surface area (Å²) < 4.78 is 1.25. The van der Waals surface area contributed by atoms with Gasteiger partial charge in [0.1, 0.15) is 5.69 Å². The molecule has 0 bridgehead atoms. The van der Waals surface area contributed by atoms with Crippen LogP contribution in [0.25, 0.3) is 5.65 Å². The van der Waals surface area contributed by atoms with Crippen LogP contribution >= 0.6 is 0 Å². The van der Waals surface area contributed by atoms with Gasteiger partial charge in [0, 0.05) is 7.05 Å². The van der Waals surface area contributed by atoms with Crippen LogP contribution in [0.4, 0.5) is 10.6 Å². The number of carboxylic acids is 1. The molecule has 8 nitrogen and oxygen atoms in total. The smallest absolute Gasteiger partial charge is 0.543 e. The van der Waals surface area contributed by atoms with Crippen LogP contribution in [-0.2, 0) is 0 Å². The maximum absolute atomic E-state index is 11.0. The number of amides is 2. The molecule has 18 heavy (non-hydrogen) atoms. The van der Waals surface area contributed by atoms with E-state index >= 15 is 0 Å². The van der Waals surface area contributed by atoms with Crippen LogP contribution in [0.5, 0.6) is 0 Å². The molecule has 0 atom stereocenters. The van der Waals surface area contributed by atoms with Crippen LogP contribution in [0.15, 0.2) is 18.3 Å². The molecule has 2 rings (SSSR count). The Labute approximate surface area is 114 Å². The third-order valence-corrected chi connectivity index (χ3v) is 2.00. The maximum Gasteiger partial charge on any atom is 1.00 e.